The van der Waals surface area contributed by atoms with Crippen LogP contribution >= 0.6 is 0 Å². The van der Waals surface area contributed by atoms with Gasteiger partial charge in [0.05, 0.1) is 17.7 Å². The van der Waals surface area contributed by atoms with Crippen molar-refractivity contribution < 1.29 is 23.6 Å². The van der Waals surface area contributed by atoms with Crippen molar-refractivity contribution in [2.24, 2.45) is 0 Å². The minimum Gasteiger partial charge on any atom is -0.485 e. The zero-order valence-corrected chi connectivity index (χ0v) is 16.9. The Kier molecular flexibility index (Phi) is 7.15. The van der Waals surface area contributed by atoms with Crippen LogP contribution in [0.5, 0.6) is 5.75 Å². The number of para-hydroxylation sites is 1. The maximum Gasteiger partial charge on any atom is 0.338 e. The molecule has 3 rings (SSSR count). The van der Waals surface area contributed by atoms with Crippen molar-refractivity contribution in [2.75, 3.05) is 11.9 Å². The number of hydrogen-bond donors (Lipinski definition) is 1. The second-order valence-electron chi connectivity index (χ2n) is 6.54. The van der Waals surface area contributed by atoms with Gasteiger partial charge in [0, 0.05) is 12.6 Å². The lowest BCUT2D eigenvalue weighted by atomic mass is 10.1. The van der Waals surface area contributed by atoms with Gasteiger partial charge in [-0.05, 0) is 42.8 Å². The SMILES string of the molecule is CCCCOC(=O)c1ccc(NC(=O)c2ccccc2OCc2noc(C)n2)cc1. The molecule has 0 bridgehead atoms. The molecule has 1 amide bonds. The highest BCUT2D eigenvalue weighted by Gasteiger charge is 2.14. The highest BCUT2D eigenvalue weighted by Crippen LogP contribution is 2.21. The molecular weight excluding hydrogens is 386 g/mol. The van der Waals surface area contributed by atoms with Gasteiger partial charge in [0.1, 0.15) is 5.75 Å². The maximum atomic E-state index is 12.7. The molecule has 0 spiro atoms. The molecule has 30 heavy (non-hydrogen) atoms. The molecule has 8 nitrogen and oxygen atoms in total. The molecule has 1 aromatic heterocycles. The van der Waals surface area contributed by atoms with Crippen LogP contribution in [-0.2, 0) is 11.3 Å². The van der Waals surface area contributed by atoms with Crippen LogP contribution in [0.3, 0.4) is 0 Å². The van der Waals surface area contributed by atoms with Gasteiger partial charge in [0.2, 0.25) is 11.7 Å². The Balaban J connectivity index is 1.62. The first-order chi connectivity index (χ1) is 14.6. The molecule has 0 atom stereocenters. The number of ether oxygens (including phenoxy) is 2. The van der Waals surface area contributed by atoms with E-state index in [4.69, 9.17) is 14.0 Å². The van der Waals surface area contributed by atoms with E-state index in [1.165, 1.54) is 0 Å². The Labute approximate surface area is 174 Å². The number of unbranched alkanes of at least 4 members (excludes halogenated alkanes) is 1. The van der Waals surface area contributed by atoms with E-state index in [1.807, 2.05) is 6.92 Å². The fourth-order valence-corrected chi connectivity index (χ4v) is 2.60. The number of esters is 1. The van der Waals surface area contributed by atoms with Crippen LogP contribution in [0, 0.1) is 6.92 Å². The topological polar surface area (TPSA) is 104 Å². The van der Waals surface area contributed by atoms with Crippen molar-refractivity contribution in [2.45, 2.75) is 33.3 Å². The third-order valence-corrected chi connectivity index (χ3v) is 4.17. The summed E-state index contributed by atoms with van der Waals surface area (Å²) >= 11 is 0. The van der Waals surface area contributed by atoms with Gasteiger partial charge in [-0.2, -0.15) is 4.98 Å². The number of carbonyl (C=O) groups excluding carboxylic acids is 2. The number of amides is 1. The number of benzene rings is 2. The Bertz CT molecular complexity index is 998. The van der Waals surface area contributed by atoms with Crippen LogP contribution in [-0.4, -0.2) is 28.6 Å². The van der Waals surface area contributed by atoms with Crippen LogP contribution in [0.25, 0.3) is 0 Å². The van der Waals surface area contributed by atoms with E-state index in [-0.39, 0.29) is 18.5 Å². The fraction of sp³-hybridized carbons (Fsp3) is 0.273. The number of aromatic nitrogens is 2. The number of aryl methyl sites for hydroxylation is 1. The number of nitrogens with zero attached hydrogens (tertiary/aromatic N) is 2. The predicted octanol–water partition coefficient (Wildman–Crippen LogP) is 4.17. The third kappa shape index (κ3) is 5.66. The summed E-state index contributed by atoms with van der Waals surface area (Å²) in [4.78, 5) is 28.8. The van der Waals surface area contributed by atoms with Gasteiger partial charge >= 0.3 is 5.97 Å². The van der Waals surface area contributed by atoms with Gasteiger partial charge in [0.15, 0.2) is 6.61 Å². The average molecular weight is 409 g/mol. The lowest BCUT2D eigenvalue weighted by molar-refractivity contribution is 0.0499. The Morgan fingerprint density at radius 1 is 1.10 bits per heavy atom. The summed E-state index contributed by atoms with van der Waals surface area (Å²) in [6.45, 7) is 4.19. The highest BCUT2D eigenvalue weighted by atomic mass is 16.5. The first-order valence-electron chi connectivity index (χ1n) is 9.66. The third-order valence-electron chi connectivity index (χ3n) is 4.17. The van der Waals surface area contributed by atoms with Crippen LogP contribution in [0.4, 0.5) is 5.69 Å². The molecule has 156 valence electrons. The second kappa shape index (κ2) is 10.2. The minimum atomic E-state index is -0.378. The summed E-state index contributed by atoms with van der Waals surface area (Å²) in [6, 6.07) is 13.4. The summed E-state index contributed by atoms with van der Waals surface area (Å²) in [5.41, 5.74) is 1.35. The average Bonchev–Trinajstić information content (AvgIpc) is 3.18. The number of nitrogens with one attached hydrogen (secondary N) is 1. The fourth-order valence-electron chi connectivity index (χ4n) is 2.60. The van der Waals surface area contributed by atoms with E-state index >= 15 is 0 Å². The van der Waals surface area contributed by atoms with Crippen molar-refractivity contribution in [3.8, 4) is 5.75 Å². The summed E-state index contributed by atoms with van der Waals surface area (Å²) in [5.74, 6) is 0.514. The first kappa shape index (κ1) is 21.0. The molecule has 0 saturated heterocycles. The highest BCUT2D eigenvalue weighted by molar-refractivity contribution is 6.06. The van der Waals surface area contributed by atoms with E-state index in [1.54, 1.807) is 55.5 Å². The summed E-state index contributed by atoms with van der Waals surface area (Å²) in [5, 5.41) is 6.57. The lowest BCUT2D eigenvalue weighted by Gasteiger charge is -2.11. The second-order valence-corrected chi connectivity index (χ2v) is 6.54. The molecule has 0 aliphatic carbocycles. The smallest absolute Gasteiger partial charge is 0.338 e. The standard InChI is InChI=1S/C22H23N3O5/c1-3-4-13-28-22(27)16-9-11-17(12-10-16)24-21(26)18-7-5-6-8-19(18)29-14-20-23-15(2)30-25-20/h5-12H,3-4,13-14H2,1-2H3,(H,24,26). The van der Waals surface area contributed by atoms with E-state index < -0.39 is 0 Å². The van der Waals surface area contributed by atoms with E-state index in [0.29, 0.717) is 40.9 Å². The van der Waals surface area contributed by atoms with E-state index in [0.717, 1.165) is 12.8 Å². The van der Waals surface area contributed by atoms with Gasteiger partial charge in [0.25, 0.3) is 5.91 Å². The Morgan fingerprint density at radius 3 is 2.57 bits per heavy atom. The predicted molar refractivity (Wildman–Crippen MR) is 109 cm³/mol. The van der Waals surface area contributed by atoms with Crippen molar-refractivity contribution in [1.29, 1.82) is 0 Å². The molecule has 0 aliphatic rings. The maximum absolute atomic E-state index is 12.7. The molecule has 2 aromatic carbocycles. The van der Waals surface area contributed by atoms with Crippen LogP contribution < -0.4 is 10.1 Å². The molecule has 0 fully saturated rings. The van der Waals surface area contributed by atoms with Gasteiger partial charge in [-0.15, -0.1) is 0 Å². The molecule has 1 heterocycles. The summed E-state index contributed by atoms with van der Waals surface area (Å²) in [7, 11) is 0. The molecule has 3 aromatic rings. The van der Waals surface area contributed by atoms with Crippen molar-refractivity contribution >= 4 is 17.6 Å². The van der Waals surface area contributed by atoms with Crippen LogP contribution in [0.2, 0.25) is 0 Å². The molecule has 8 heteroatoms. The molecule has 0 unspecified atom stereocenters. The van der Waals surface area contributed by atoms with Gasteiger partial charge in [-0.25, -0.2) is 4.79 Å². The summed E-state index contributed by atoms with van der Waals surface area (Å²) in [6.07, 6.45) is 1.78. The van der Waals surface area contributed by atoms with Crippen LogP contribution in [0.1, 0.15) is 52.2 Å². The molecule has 1 N–H and O–H groups in total. The molecule has 0 radical (unpaired) electrons. The van der Waals surface area contributed by atoms with Gasteiger partial charge < -0.3 is 19.3 Å². The largest absolute Gasteiger partial charge is 0.485 e. The number of carbonyl (C=O) groups is 2. The first-order valence-corrected chi connectivity index (χ1v) is 9.66. The molecule has 0 aliphatic heterocycles. The van der Waals surface area contributed by atoms with Crippen molar-refractivity contribution in [3.63, 3.8) is 0 Å². The number of hydrogen-bond acceptors (Lipinski definition) is 7. The normalized spacial score (nSPS) is 10.5. The Hall–Kier alpha value is -3.68. The quantitative estimate of drug-likeness (QED) is 0.418. The number of anilines is 1. The molecular formula is C22H23N3O5. The Morgan fingerprint density at radius 2 is 1.87 bits per heavy atom. The van der Waals surface area contributed by atoms with E-state index in [9.17, 15) is 9.59 Å². The summed E-state index contributed by atoms with van der Waals surface area (Å²) < 4.78 is 15.8. The van der Waals surface area contributed by atoms with E-state index in [2.05, 4.69) is 15.5 Å². The molecule has 0 saturated carbocycles. The van der Waals surface area contributed by atoms with Gasteiger partial charge in [-0.1, -0.05) is 30.6 Å². The monoisotopic (exact) mass is 409 g/mol. The number of rotatable bonds is 9. The van der Waals surface area contributed by atoms with Crippen molar-refractivity contribution in [3.05, 3.63) is 71.4 Å². The van der Waals surface area contributed by atoms with Gasteiger partial charge in [-0.3, -0.25) is 4.79 Å². The zero-order valence-electron chi connectivity index (χ0n) is 16.9. The lowest BCUT2D eigenvalue weighted by Crippen LogP contribution is -2.14. The zero-order chi connectivity index (χ0) is 21.3. The van der Waals surface area contributed by atoms with Crippen LogP contribution in [0.15, 0.2) is 53.1 Å². The minimum absolute atomic E-state index is 0.0798. The van der Waals surface area contributed by atoms with Crippen molar-refractivity contribution in [1.82, 2.24) is 10.1 Å².